The molecule has 2 aromatic rings. The predicted octanol–water partition coefficient (Wildman–Crippen LogP) is 3.60. The number of carbonyl (C=O) groups excluding carboxylic acids is 1. The van der Waals surface area contributed by atoms with Gasteiger partial charge in [-0.25, -0.2) is 4.79 Å². The van der Waals surface area contributed by atoms with Crippen LogP contribution in [0.25, 0.3) is 10.4 Å². The van der Waals surface area contributed by atoms with Crippen LogP contribution >= 0.6 is 35.8 Å². The molecule has 1 heterocycles. The number of rotatable bonds is 6. The molecule has 0 atom stereocenters. The van der Waals surface area contributed by atoms with Gasteiger partial charge in [0, 0.05) is 5.69 Å². The Kier molecular flexibility index (Phi) is 5.11. The second-order valence-electron chi connectivity index (χ2n) is 3.88. The second kappa shape index (κ2) is 6.84. The molecule has 1 aromatic heterocycles. The van der Waals surface area contributed by atoms with Crippen molar-refractivity contribution in [3.05, 3.63) is 34.2 Å². The maximum Gasteiger partial charge on any atom is 0.349 e. The zero-order valence-electron chi connectivity index (χ0n) is 10.5. The smallest absolute Gasteiger partial charge is 0.349 e. The largest absolute Gasteiger partial charge is 0.483 e. The van der Waals surface area contributed by atoms with Gasteiger partial charge in [0.25, 0.3) is 0 Å². The number of thiophene rings is 1. The molecule has 0 aliphatic rings. The molecule has 0 radical (unpaired) electrons. The molecular formula is C13H10ClNO4S2. The summed E-state index contributed by atoms with van der Waals surface area (Å²) >= 11 is 11.2. The normalized spacial score (nSPS) is 10.2. The molecule has 0 amide bonds. The minimum Gasteiger partial charge on any atom is -0.483 e. The van der Waals surface area contributed by atoms with Gasteiger partial charge in [0.2, 0.25) is 0 Å². The van der Waals surface area contributed by atoms with Gasteiger partial charge >= 0.3 is 5.97 Å². The van der Waals surface area contributed by atoms with Crippen molar-refractivity contribution in [2.24, 2.45) is 0 Å². The molecule has 0 aliphatic heterocycles. The molecular weight excluding hydrogens is 334 g/mol. The third-order valence-corrected chi connectivity index (χ3v) is 4.49. The topological polar surface area (TPSA) is 75.6 Å². The van der Waals surface area contributed by atoms with Gasteiger partial charge in [-0.1, -0.05) is 36.5 Å². The first kappa shape index (κ1) is 15.7. The maximum atomic E-state index is 11.3. The van der Waals surface area contributed by atoms with Crippen molar-refractivity contribution >= 4 is 53.7 Å². The number of benzene rings is 1. The van der Waals surface area contributed by atoms with Crippen molar-refractivity contribution in [2.45, 2.75) is 0 Å². The predicted molar refractivity (Wildman–Crippen MR) is 85.9 cm³/mol. The van der Waals surface area contributed by atoms with Crippen LogP contribution in [0.2, 0.25) is 5.02 Å². The minimum absolute atomic E-state index is 0.0144. The van der Waals surface area contributed by atoms with Crippen LogP contribution in [0.3, 0.4) is 0 Å². The van der Waals surface area contributed by atoms with E-state index in [0.717, 1.165) is 22.6 Å². The lowest BCUT2D eigenvalue weighted by Crippen LogP contribution is -2.02. The number of thiol groups is 1. The van der Waals surface area contributed by atoms with Gasteiger partial charge in [-0.3, -0.25) is 4.79 Å². The van der Waals surface area contributed by atoms with Crippen molar-refractivity contribution in [2.75, 3.05) is 11.3 Å². The first-order chi connectivity index (χ1) is 10.1. The third kappa shape index (κ3) is 3.31. The summed E-state index contributed by atoms with van der Waals surface area (Å²) in [6.45, 7) is -0.256. The molecule has 0 unspecified atom stereocenters. The molecule has 21 heavy (non-hydrogen) atoms. The Balaban J connectivity index is 2.53. The number of halogens is 1. The number of aldehydes is 1. The Morgan fingerprint density at radius 3 is 2.90 bits per heavy atom. The molecule has 2 rings (SSSR count). The summed E-state index contributed by atoms with van der Waals surface area (Å²) in [6, 6.07) is 7.16. The average Bonchev–Trinajstić information content (AvgIpc) is 2.82. The summed E-state index contributed by atoms with van der Waals surface area (Å²) in [5.41, 5.74) is 1.47. The Bertz CT molecular complexity index is 687. The molecule has 0 aliphatic carbocycles. The number of carboxylic acid groups (broad SMARTS) is 1. The van der Waals surface area contributed by atoms with E-state index in [9.17, 15) is 14.7 Å². The summed E-state index contributed by atoms with van der Waals surface area (Å²) in [7, 11) is 0. The zero-order chi connectivity index (χ0) is 15.4. The van der Waals surface area contributed by atoms with E-state index in [2.05, 4.69) is 17.5 Å². The van der Waals surface area contributed by atoms with Crippen molar-refractivity contribution in [3.63, 3.8) is 0 Å². The highest BCUT2D eigenvalue weighted by Gasteiger charge is 2.24. The first-order valence-corrected chi connectivity index (χ1v) is 7.35. The number of nitrogens with one attached hydrogen (secondary N) is 1. The third-order valence-electron chi connectivity index (χ3n) is 2.55. The van der Waals surface area contributed by atoms with Crippen LogP contribution in [-0.2, 0) is 4.79 Å². The molecule has 0 saturated carbocycles. The molecule has 5 nitrogen and oxygen atoms in total. The van der Waals surface area contributed by atoms with Gasteiger partial charge in [-0.2, -0.15) is 0 Å². The van der Waals surface area contributed by atoms with Crippen molar-refractivity contribution < 1.29 is 19.4 Å². The van der Waals surface area contributed by atoms with Crippen LogP contribution in [0.15, 0.2) is 24.3 Å². The highest BCUT2D eigenvalue weighted by Crippen LogP contribution is 2.45. The SMILES string of the molecule is O=CCOc1c(C(=O)O)sc(-c2cccc(NS)c2)c1Cl. The van der Waals surface area contributed by atoms with Crippen LogP contribution in [0.5, 0.6) is 5.75 Å². The monoisotopic (exact) mass is 343 g/mol. The number of hydrogen-bond donors (Lipinski definition) is 3. The van der Waals surface area contributed by atoms with Crippen molar-refractivity contribution in [1.29, 1.82) is 0 Å². The quantitative estimate of drug-likeness (QED) is 0.552. The Labute approximate surface area is 135 Å². The number of anilines is 1. The second-order valence-corrected chi connectivity index (χ2v) is 5.50. The lowest BCUT2D eigenvalue weighted by molar-refractivity contribution is -0.109. The van der Waals surface area contributed by atoms with Crippen LogP contribution in [-0.4, -0.2) is 24.0 Å². The van der Waals surface area contributed by atoms with Gasteiger partial charge in [0.1, 0.15) is 11.6 Å². The molecule has 110 valence electrons. The molecule has 0 fully saturated rings. The van der Waals surface area contributed by atoms with E-state index in [4.69, 9.17) is 16.3 Å². The van der Waals surface area contributed by atoms with Crippen molar-refractivity contribution in [3.8, 4) is 16.2 Å². The standard InChI is InChI=1S/C13H10ClNO4S2/c14-9-10(19-5-4-16)12(13(17)18)21-11(9)7-2-1-3-8(6-7)15-20/h1-4,6,15,20H,5H2,(H,17,18). The zero-order valence-corrected chi connectivity index (χ0v) is 13.0. The highest BCUT2D eigenvalue weighted by atomic mass is 35.5. The summed E-state index contributed by atoms with van der Waals surface area (Å²) < 4.78 is 7.83. The summed E-state index contributed by atoms with van der Waals surface area (Å²) in [5, 5.41) is 9.39. The fourth-order valence-electron chi connectivity index (χ4n) is 1.70. The lowest BCUT2D eigenvalue weighted by atomic mass is 10.1. The van der Waals surface area contributed by atoms with Crippen LogP contribution in [0.1, 0.15) is 9.67 Å². The van der Waals surface area contributed by atoms with E-state index in [1.54, 1.807) is 24.3 Å². The van der Waals surface area contributed by atoms with E-state index < -0.39 is 5.97 Å². The number of carboxylic acids is 1. The van der Waals surface area contributed by atoms with Gasteiger partial charge in [0.05, 0.1) is 4.88 Å². The Hall–Kier alpha value is -1.70. The fraction of sp³-hybridized carbons (Fsp3) is 0.0769. The molecule has 0 saturated heterocycles. The molecule has 2 N–H and O–H groups in total. The number of ether oxygens (including phenoxy) is 1. The summed E-state index contributed by atoms with van der Waals surface area (Å²) in [6.07, 6.45) is 0.532. The average molecular weight is 344 g/mol. The highest BCUT2D eigenvalue weighted by molar-refractivity contribution is 7.81. The first-order valence-electron chi connectivity index (χ1n) is 5.71. The summed E-state index contributed by atoms with van der Waals surface area (Å²) in [4.78, 5) is 22.2. The molecule has 8 heteroatoms. The molecule has 1 aromatic carbocycles. The Morgan fingerprint density at radius 1 is 1.52 bits per heavy atom. The van der Waals surface area contributed by atoms with Crippen LogP contribution in [0, 0.1) is 0 Å². The fourth-order valence-corrected chi connectivity index (χ4v) is 3.24. The number of hydrogen-bond acceptors (Lipinski definition) is 6. The van der Waals surface area contributed by atoms with Gasteiger partial charge in [-0.15, -0.1) is 11.3 Å². The van der Waals surface area contributed by atoms with E-state index in [0.29, 0.717) is 11.2 Å². The van der Waals surface area contributed by atoms with E-state index in [-0.39, 0.29) is 22.3 Å². The maximum absolute atomic E-state index is 11.3. The number of carbonyl (C=O) groups is 2. The Morgan fingerprint density at radius 2 is 2.29 bits per heavy atom. The van der Waals surface area contributed by atoms with E-state index >= 15 is 0 Å². The molecule has 0 spiro atoms. The van der Waals surface area contributed by atoms with Gasteiger partial charge in [-0.05, 0) is 17.7 Å². The van der Waals surface area contributed by atoms with Crippen molar-refractivity contribution in [1.82, 2.24) is 0 Å². The number of aromatic carboxylic acids is 1. The van der Waals surface area contributed by atoms with Crippen LogP contribution < -0.4 is 9.46 Å². The summed E-state index contributed by atoms with van der Waals surface area (Å²) in [5.74, 6) is -1.14. The lowest BCUT2D eigenvalue weighted by Gasteiger charge is -2.04. The van der Waals surface area contributed by atoms with Gasteiger partial charge in [0.15, 0.2) is 16.9 Å². The minimum atomic E-state index is -1.16. The molecule has 0 bridgehead atoms. The van der Waals surface area contributed by atoms with E-state index in [1.165, 1.54) is 0 Å². The van der Waals surface area contributed by atoms with E-state index in [1.807, 2.05) is 0 Å². The van der Waals surface area contributed by atoms with Crippen LogP contribution in [0.4, 0.5) is 5.69 Å². The van der Waals surface area contributed by atoms with Gasteiger partial charge < -0.3 is 14.6 Å².